The third-order valence-corrected chi connectivity index (χ3v) is 2.24. The molecule has 1 saturated heterocycles. The Morgan fingerprint density at radius 1 is 1.54 bits per heavy atom. The zero-order valence-corrected chi connectivity index (χ0v) is 7.71. The van der Waals surface area contributed by atoms with E-state index in [1.807, 2.05) is 0 Å². The molecule has 0 amide bonds. The van der Waals surface area contributed by atoms with Gasteiger partial charge in [0.2, 0.25) is 0 Å². The second-order valence-electron chi connectivity index (χ2n) is 3.09. The molecule has 13 heavy (non-hydrogen) atoms. The number of hydrogen-bond acceptors (Lipinski definition) is 4. The highest BCUT2D eigenvalue weighted by Gasteiger charge is 2.20. The van der Waals surface area contributed by atoms with Crippen LogP contribution in [0.3, 0.4) is 0 Å². The summed E-state index contributed by atoms with van der Waals surface area (Å²) in [5, 5.41) is 14.2. The van der Waals surface area contributed by atoms with Gasteiger partial charge in [-0.1, -0.05) is 6.92 Å². The monoisotopic (exact) mass is 182 g/mol. The lowest BCUT2D eigenvalue weighted by atomic mass is 10.1. The Labute approximate surface area is 76.9 Å². The first-order valence-electron chi connectivity index (χ1n) is 4.62. The van der Waals surface area contributed by atoms with E-state index in [0.717, 1.165) is 31.0 Å². The second-order valence-corrected chi connectivity index (χ2v) is 3.09. The van der Waals surface area contributed by atoms with E-state index in [4.69, 9.17) is 4.74 Å². The first-order valence-corrected chi connectivity index (χ1v) is 4.62. The van der Waals surface area contributed by atoms with Gasteiger partial charge in [0.15, 0.2) is 0 Å². The molecular weight excluding hydrogens is 168 g/mol. The summed E-state index contributed by atoms with van der Waals surface area (Å²) in [6.07, 6.45) is 0.907. The van der Waals surface area contributed by atoms with Crippen molar-refractivity contribution in [2.24, 2.45) is 0 Å². The van der Waals surface area contributed by atoms with Crippen LogP contribution < -0.4 is 5.32 Å². The molecule has 1 aliphatic rings. The molecule has 0 spiro atoms. The highest BCUT2D eigenvalue weighted by Crippen LogP contribution is 2.15. The SMILES string of the molecule is CCc1n[nH]nc1C1COCCN1. The predicted molar refractivity (Wildman–Crippen MR) is 47.3 cm³/mol. The van der Waals surface area contributed by atoms with Crippen LogP contribution in [-0.4, -0.2) is 35.2 Å². The standard InChI is InChI=1S/C8H14N4O/c1-2-6-8(11-12-10-6)7-5-13-4-3-9-7/h7,9H,2-5H2,1H3,(H,10,11,12). The number of ether oxygens (including phenoxy) is 1. The molecule has 1 unspecified atom stereocenters. The maximum absolute atomic E-state index is 5.36. The molecule has 0 saturated carbocycles. The van der Waals surface area contributed by atoms with Gasteiger partial charge in [0.25, 0.3) is 0 Å². The number of nitrogens with one attached hydrogen (secondary N) is 2. The third-order valence-electron chi connectivity index (χ3n) is 2.24. The molecular formula is C8H14N4O. The van der Waals surface area contributed by atoms with Crippen molar-refractivity contribution in [3.8, 4) is 0 Å². The minimum atomic E-state index is 0.211. The summed E-state index contributed by atoms with van der Waals surface area (Å²) in [4.78, 5) is 0. The first kappa shape index (κ1) is 8.65. The quantitative estimate of drug-likeness (QED) is 0.677. The molecule has 1 aromatic rings. The van der Waals surface area contributed by atoms with Gasteiger partial charge < -0.3 is 10.1 Å². The molecule has 1 atom stereocenters. The minimum Gasteiger partial charge on any atom is -0.378 e. The number of aryl methyl sites for hydroxylation is 1. The van der Waals surface area contributed by atoms with E-state index in [1.54, 1.807) is 0 Å². The van der Waals surface area contributed by atoms with Crippen LogP contribution in [0.4, 0.5) is 0 Å². The fourth-order valence-electron chi connectivity index (χ4n) is 1.54. The minimum absolute atomic E-state index is 0.211. The summed E-state index contributed by atoms with van der Waals surface area (Å²) in [7, 11) is 0. The highest BCUT2D eigenvalue weighted by atomic mass is 16.5. The third kappa shape index (κ3) is 1.71. The van der Waals surface area contributed by atoms with E-state index in [0.29, 0.717) is 6.61 Å². The lowest BCUT2D eigenvalue weighted by Crippen LogP contribution is -2.35. The molecule has 5 heteroatoms. The van der Waals surface area contributed by atoms with Crippen molar-refractivity contribution in [1.82, 2.24) is 20.7 Å². The van der Waals surface area contributed by atoms with Gasteiger partial charge in [0, 0.05) is 6.54 Å². The van der Waals surface area contributed by atoms with Gasteiger partial charge >= 0.3 is 0 Å². The molecule has 2 rings (SSSR count). The predicted octanol–water partition coefficient (Wildman–Crippen LogP) is 0.0280. The van der Waals surface area contributed by atoms with Crippen LogP contribution in [0.1, 0.15) is 24.4 Å². The van der Waals surface area contributed by atoms with Gasteiger partial charge in [-0.3, -0.25) is 0 Å². The van der Waals surface area contributed by atoms with Gasteiger partial charge in [0.1, 0.15) is 5.69 Å². The van der Waals surface area contributed by atoms with Crippen LogP contribution >= 0.6 is 0 Å². The molecule has 2 heterocycles. The molecule has 5 nitrogen and oxygen atoms in total. The van der Waals surface area contributed by atoms with Crippen LogP contribution in [0, 0.1) is 0 Å². The zero-order chi connectivity index (χ0) is 9.10. The summed E-state index contributed by atoms with van der Waals surface area (Å²) in [5.41, 5.74) is 2.03. The van der Waals surface area contributed by atoms with Crippen molar-refractivity contribution in [3.63, 3.8) is 0 Å². The van der Waals surface area contributed by atoms with Crippen molar-refractivity contribution >= 4 is 0 Å². The summed E-state index contributed by atoms with van der Waals surface area (Å²) in [5.74, 6) is 0. The Bertz CT molecular complexity index is 267. The number of hydrogen-bond donors (Lipinski definition) is 2. The largest absolute Gasteiger partial charge is 0.378 e. The molecule has 0 aromatic carbocycles. The summed E-state index contributed by atoms with van der Waals surface area (Å²) < 4.78 is 5.36. The van der Waals surface area contributed by atoms with Gasteiger partial charge in [0.05, 0.1) is 24.9 Å². The number of H-pyrrole nitrogens is 1. The summed E-state index contributed by atoms with van der Waals surface area (Å²) >= 11 is 0. The number of aromatic nitrogens is 3. The lowest BCUT2D eigenvalue weighted by Gasteiger charge is -2.22. The van der Waals surface area contributed by atoms with Crippen LogP contribution in [0.25, 0.3) is 0 Å². The molecule has 0 bridgehead atoms. The Morgan fingerprint density at radius 2 is 2.46 bits per heavy atom. The van der Waals surface area contributed by atoms with E-state index in [9.17, 15) is 0 Å². The summed E-state index contributed by atoms with van der Waals surface area (Å²) in [6.45, 7) is 4.45. The van der Waals surface area contributed by atoms with Gasteiger partial charge in [-0.25, -0.2) is 0 Å². The van der Waals surface area contributed by atoms with Crippen LogP contribution in [0.5, 0.6) is 0 Å². The Balaban J connectivity index is 2.13. The van der Waals surface area contributed by atoms with Crippen molar-refractivity contribution in [1.29, 1.82) is 0 Å². The van der Waals surface area contributed by atoms with Crippen molar-refractivity contribution in [3.05, 3.63) is 11.4 Å². The molecule has 72 valence electrons. The highest BCUT2D eigenvalue weighted by molar-refractivity contribution is 5.13. The Hall–Kier alpha value is -0.940. The average molecular weight is 182 g/mol. The molecule has 0 aliphatic carbocycles. The van der Waals surface area contributed by atoms with Gasteiger partial charge in [-0.15, -0.1) is 0 Å². The second kappa shape index (κ2) is 3.85. The normalized spacial score (nSPS) is 23.3. The van der Waals surface area contributed by atoms with Gasteiger partial charge in [-0.2, -0.15) is 15.4 Å². The van der Waals surface area contributed by atoms with E-state index < -0.39 is 0 Å². The van der Waals surface area contributed by atoms with Crippen LogP contribution in [-0.2, 0) is 11.2 Å². The lowest BCUT2D eigenvalue weighted by molar-refractivity contribution is 0.0753. The fraction of sp³-hybridized carbons (Fsp3) is 0.750. The van der Waals surface area contributed by atoms with Crippen LogP contribution in [0.15, 0.2) is 0 Å². The zero-order valence-electron chi connectivity index (χ0n) is 7.71. The number of aromatic amines is 1. The maximum Gasteiger partial charge on any atom is 0.105 e. The van der Waals surface area contributed by atoms with E-state index in [2.05, 4.69) is 27.7 Å². The number of nitrogens with zero attached hydrogens (tertiary/aromatic N) is 2. The van der Waals surface area contributed by atoms with E-state index in [1.165, 1.54) is 0 Å². The number of rotatable bonds is 2. The smallest absolute Gasteiger partial charge is 0.105 e. The first-order chi connectivity index (χ1) is 6.42. The topological polar surface area (TPSA) is 62.8 Å². The summed E-state index contributed by atoms with van der Waals surface area (Å²) in [6, 6.07) is 0.211. The maximum atomic E-state index is 5.36. The molecule has 2 N–H and O–H groups in total. The molecule has 0 radical (unpaired) electrons. The Kier molecular flexibility index (Phi) is 2.56. The molecule has 1 fully saturated rings. The number of morpholine rings is 1. The van der Waals surface area contributed by atoms with Gasteiger partial charge in [-0.05, 0) is 6.42 Å². The fourth-order valence-corrected chi connectivity index (χ4v) is 1.54. The van der Waals surface area contributed by atoms with Crippen LogP contribution in [0.2, 0.25) is 0 Å². The molecule has 1 aliphatic heterocycles. The van der Waals surface area contributed by atoms with E-state index >= 15 is 0 Å². The average Bonchev–Trinajstić information content (AvgIpc) is 2.67. The van der Waals surface area contributed by atoms with Crippen molar-refractivity contribution in [2.45, 2.75) is 19.4 Å². The Morgan fingerprint density at radius 3 is 3.15 bits per heavy atom. The van der Waals surface area contributed by atoms with Crippen molar-refractivity contribution in [2.75, 3.05) is 19.8 Å². The van der Waals surface area contributed by atoms with E-state index in [-0.39, 0.29) is 6.04 Å². The molecule has 1 aromatic heterocycles. The van der Waals surface area contributed by atoms with Crippen molar-refractivity contribution < 1.29 is 4.74 Å².